The number of nitrogens with zero attached hydrogens (tertiary/aromatic N) is 1. The molecule has 1 aliphatic rings. The number of rotatable bonds is 5. The third-order valence-electron chi connectivity index (χ3n) is 5.07. The fourth-order valence-electron chi connectivity index (χ4n) is 3.56. The van der Waals surface area contributed by atoms with Crippen molar-refractivity contribution in [3.63, 3.8) is 0 Å². The molecule has 1 saturated heterocycles. The number of benzene rings is 3. The van der Waals surface area contributed by atoms with Crippen molar-refractivity contribution in [3.05, 3.63) is 84.4 Å². The second-order valence-electron chi connectivity index (χ2n) is 6.95. The highest BCUT2D eigenvalue weighted by molar-refractivity contribution is 5.49. The van der Waals surface area contributed by atoms with E-state index in [2.05, 4.69) is 23.1 Å². The summed E-state index contributed by atoms with van der Waals surface area (Å²) in [5, 5.41) is 9.46. The van der Waals surface area contributed by atoms with Crippen LogP contribution in [0.1, 0.15) is 5.56 Å². The minimum Gasteiger partial charge on any atom is -0.508 e. The predicted octanol–water partition coefficient (Wildman–Crippen LogP) is 3.09. The van der Waals surface area contributed by atoms with Crippen LogP contribution in [-0.2, 0) is 6.54 Å². The Morgan fingerprint density at radius 2 is 1.48 bits per heavy atom. The van der Waals surface area contributed by atoms with Crippen LogP contribution >= 0.6 is 0 Å². The van der Waals surface area contributed by atoms with Crippen LogP contribution in [0.4, 0.5) is 5.69 Å². The first kappa shape index (κ1) is 17.4. The summed E-state index contributed by atoms with van der Waals surface area (Å²) < 4.78 is 6.11. The summed E-state index contributed by atoms with van der Waals surface area (Å²) >= 11 is 0. The zero-order valence-electron chi connectivity index (χ0n) is 15.3. The Morgan fingerprint density at radius 1 is 0.815 bits per heavy atom. The number of anilines is 1. The Labute approximate surface area is 160 Å². The van der Waals surface area contributed by atoms with E-state index in [0.29, 0.717) is 5.75 Å². The van der Waals surface area contributed by atoms with Crippen LogP contribution in [-0.4, -0.2) is 31.3 Å². The highest BCUT2D eigenvalue weighted by Crippen LogP contribution is 2.24. The lowest BCUT2D eigenvalue weighted by molar-refractivity contribution is -0.914. The van der Waals surface area contributed by atoms with E-state index in [1.54, 1.807) is 17.0 Å². The molecule has 4 heteroatoms. The number of para-hydroxylation sites is 2. The number of nitrogens with one attached hydrogen (secondary N) is 1. The van der Waals surface area contributed by atoms with Gasteiger partial charge >= 0.3 is 0 Å². The molecule has 3 aromatic carbocycles. The summed E-state index contributed by atoms with van der Waals surface area (Å²) in [6, 6.07) is 25.8. The quantitative estimate of drug-likeness (QED) is 0.733. The molecular weight excluding hydrogens is 336 g/mol. The van der Waals surface area contributed by atoms with Gasteiger partial charge in [0.05, 0.1) is 26.2 Å². The van der Waals surface area contributed by atoms with Crippen LogP contribution in [0.15, 0.2) is 78.9 Å². The Morgan fingerprint density at radius 3 is 2.22 bits per heavy atom. The molecule has 2 N–H and O–H groups in total. The van der Waals surface area contributed by atoms with Crippen LogP contribution in [0.3, 0.4) is 0 Å². The summed E-state index contributed by atoms with van der Waals surface area (Å²) in [4.78, 5) is 3.95. The Kier molecular flexibility index (Phi) is 5.26. The van der Waals surface area contributed by atoms with Gasteiger partial charge in [0.25, 0.3) is 0 Å². The molecule has 1 fully saturated rings. The lowest BCUT2D eigenvalue weighted by Crippen LogP contribution is -3.13. The van der Waals surface area contributed by atoms with Crippen LogP contribution in [0.2, 0.25) is 0 Å². The van der Waals surface area contributed by atoms with Crippen molar-refractivity contribution in [2.75, 3.05) is 31.1 Å². The number of ether oxygens (including phenoxy) is 1. The van der Waals surface area contributed by atoms with E-state index in [0.717, 1.165) is 44.2 Å². The minimum absolute atomic E-state index is 0.318. The Bertz CT molecular complexity index is 857. The standard InChI is InChI=1S/C23H24N2O2/c26-21-12-10-20(11-13-21)25-16-14-24(15-17-25)18-19-6-4-5-9-23(19)27-22-7-2-1-3-8-22/h1-13,26H,14-18H2/p+1. The molecule has 1 aliphatic heterocycles. The van der Waals surface area contributed by atoms with Crippen LogP contribution in [0.5, 0.6) is 17.2 Å². The molecule has 0 bridgehead atoms. The number of aromatic hydroxyl groups is 1. The van der Waals surface area contributed by atoms with Gasteiger partial charge in [-0.05, 0) is 48.5 Å². The highest BCUT2D eigenvalue weighted by atomic mass is 16.5. The fraction of sp³-hybridized carbons (Fsp3) is 0.217. The molecule has 0 saturated carbocycles. The number of piperazine rings is 1. The van der Waals surface area contributed by atoms with Gasteiger partial charge in [0, 0.05) is 11.3 Å². The highest BCUT2D eigenvalue weighted by Gasteiger charge is 2.21. The van der Waals surface area contributed by atoms with E-state index in [-0.39, 0.29) is 0 Å². The molecule has 0 aromatic heterocycles. The second-order valence-corrected chi connectivity index (χ2v) is 6.95. The van der Waals surface area contributed by atoms with Gasteiger partial charge in [-0.2, -0.15) is 0 Å². The molecule has 0 spiro atoms. The summed E-state index contributed by atoms with van der Waals surface area (Å²) in [6.07, 6.45) is 0. The SMILES string of the molecule is Oc1ccc(N2CC[NH+](Cc3ccccc3Oc3ccccc3)CC2)cc1. The molecule has 0 atom stereocenters. The Hall–Kier alpha value is -2.98. The summed E-state index contributed by atoms with van der Waals surface area (Å²) in [5.41, 5.74) is 2.43. The van der Waals surface area contributed by atoms with E-state index in [1.165, 1.54) is 11.3 Å². The monoisotopic (exact) mass is 361 g/mol. The Balaban J connectivity index is 1.38. The van der Waals surface area contributed by atoms with E-state index in [4.69, 9.17) is 4.74 Å². The first-order chi connectivity index (χ1) is 13.3. The van der Waals surface area contributed by atoms with Crippen molar-refractivity contribution in [1.82, 2.24) is 0 Å². The summed E-state index contributed by atoms with van der Waals surface area (Å²) in [6.45, 7) is 5.16. The first-order valence-electron chi connectivity index (χ1n) is 9.46. The smallest absolute Gasteiger partial charge is 0.136 e. The lowest BCUT2D eigenvalue weighted by atomic mass is 10.1. The molecule has 4 rings (SSSR count). The summed E-state index contributed by atoms with van der Waals surface area (Å²) in [5.74, 6) is 2.13. The van der Waals surface area contributed by atoms with Crippen molar-refractivity contribution >= 4 is 5.69 Å². The molecule has 0 radical (unpaired) electrons. The van der Waals surface area contributed by atoms with Gasteiger partial charge in [0.15, 0.2) is 0 Å². The number of phenols is 1. The molecular formula is C23H25N2O2+. The van der Waals surface area contributed by atoms with Gasteiger partial charge < -0.3 is 19.6 Å². The zero-order chi connectivity index (χ0) is 18.5. The van der Waals surface area contributed by atoms with Gasteiger partial charge in [-0.3, -0.25) is 0 Å². The number of hydrogen-bond acceptors (Lipinski definition) is 3. The van der Waals surface area contributed by atoms with Gasteiger partial charge in [-0.1, -0.05) is 30.3 Å². The van der Waals surface area contributed by atoms with E-state index in [9.17, 15) is 5.11 Å². The predicted molar refractivity (Wildman–Crippen MR) is 108 cm³/mol. The van der Waals surface area contributed by atoms with Crippen molar-refractivity contribution < 1.29 is 14.7 Å². The first-order valence-corrected chi connectivity index (χ1v) is 9.46. The third-order valence-corrected chi connectivity index (χ3v) is 5.07. The maximum atomic E-state index is 9.46. The molecule has 0 unspecified atom stereocenters. The minimum atomic E-state index is 0.318. The van der Waals surface area contributed by atoms with Crippen molar-refractivity contribution in [1.29, 1.82) is 0 Å². The molecule has 138 valence electrons. The average molecular weight is 361 g/mol. The molecule has 1 heterocycles. The fourth-order valence-corrected chi connectivity index (χ4v) is 3.56. The number of phenolic OH excluding ortho intramolecular Hbond substituents is 1. The van der Waals surface area contributed by atoms with E-state index in [1.807, 2.05) is 48.5 Å². The zero-order valence-corrected chi connectivity index (χ0v) is 15.3. The van der Waals surface area contributed by atoms with E-state index >= 15 is 0 Å². The number of quaternary nitrogens is 1. The van der Waals surface area contributed by atoms with Crippen molar-refractivity contribution in [2.24, 2.45) is 0 Å². The summed E-state index contributed by atoms with van der Waals surface area (Å²) in [7, 11) is 0. The van der Waals surface area contributed by atoms with Gasteiger partial charge in [0.2, 0.25) is 0 Å². The largest absolute Gasteiger partial charge is 0.508 e. The normalized spacial score (nSPS) is 14.9. The molecule has 4 nitrogen and oxygen atoms in total. The number of hydrogen-bond donors (Lipinski definition) is 2. The lowest BCUT2D eigenvalue weighted by Gasteiger charge is -2.34. The van der Waals surface area contributed by atoms with E-state index < -0.39 is 0 Å². The van der Waals surface area contributed by atoms with Gasteiger partial charge in [-0.15, -0.1) is 0 Å². The van der Waals surface area contributed by atoms with Gasteiger partial charge in [-0.25, -0.2) is 0 Å². The molecule has 0 amide bonds. The molecule has 27 heavy (non-hydrogen) atoms. The molecule has 0 aliphatic carbocycles. The van der Waals surface area contributed by atoms with Crippen LogP contribution in [0, 0.1) is 0 Å². The van der Waals surface area contributed by atoms with Crippen LogP contribution < -0.4 is 14.5 Å². The van der Waals surface area contributed by atoms with Gasteiger partial charge in [0.1, 0.15) is 23.8 Å². The molecule has 3 aromatic rings. The van der Waals surface area contributed by atoms with Crippen molar-refractivity contribution in [3.8, 4) is 17.2 Å². The average Bonchev–Trinajstić information content (AvgIpc) is 2.72. The second kappa shape index (κ2) is 8.14. The topological polar surface area (TPSA) is 37.1 Å². The van der Waals surface area contributed by atoms with Crippen LogP contribution in [0.25, 0.3) is 0 Å². The maximum Gasteiger partial charge on any atom is 0.136 e. The van der Waals surface area contributed by atoms with Crippen molar-refractivity contribution in [2.45, 2.75) is 6.54 Å². The third kappa shape index (κ3) is 4.41. The maximum absolute atomic E-state index is 9.46.